The fourth-order valence-corrected chi connectivity index (χ4v) is 1.07. The van der Waals surface area contributed by atoms with Gasteiger partial charge in [0.15, 0.2) is 0 Å². The number of rotatable bonds is 1. The van der Waals surface area contributed by atoms with Gasteiger partial charge in [-0.05, 0) is 0 Å². The van der Waals surface area contributed by atoms with Crippen LogP contribution in [-0.4, -0.2) is 13.0 Å². The molecule has 78 valence electrons. The Morgan fingerprint density at radius 2 is 2.07 bits per heavy atom. The summed E-state index contributed by atoms with van der Waals surface area (Å²) in [6.07, 6.45) is 0. The van der Waals surface area contributed by atoms with Crippen LogP contribution in [0.2, 0.25) is 0 Å². The Hall–Kier alpha value is -1.45. The normalized spacial score (nSPS) is 11.4. The highest BCUT2D eigenvalue weighted by atomic mass is 16.4. The predicted octanol–water partition coefficient (Wildman–Crippen LogP) is 1.52. The Labute approximate surface area is 83.5 Å². The maximum Gasteiger partial charge on any atom is 0.288 e. The lowest BCUT2D eigenvalue weighted by atomic mass is 9.93. The van der Waals surface area contributed by atoms with E-state index in [-0.39, 0.29) is 17.1 Å². The van der Waals surface area contributed by atoms with E-state index in [4.69, 9.17) is 10.2 Å². The van der Waals surface area contributed by atoms with Gasteiger partial charge in [-0.3, -0.25) is 4.79 Å². The molecule has 1 aromatic heterocycles. The number of anilines is 1. The van der Waals surface area contributed by atoms with Crippen molar-refractivity contribution in [3.05, 3.63) is 17.6 Å². The number of carbonyl (C=O) groups is 1. The van der Waals surface area contributed by atoms with E-state index in [1.807, 2.05) is 20.8 Å². The first-order valence-electron chi connectivity index (χ1n) is 4.48. The van der Waals surface area contributed by atoms with Gasteiger partial charge in [0.1, 0.15) is 5.76 Å². The van der Waals surface area contributed by atoms with Crippen molar-refractivity contribution >= 4 is 11.6 Å². The van der Waals surface area contributed by atoms with Crippen LogP contribution in [0.15, 0.2) is 10.5 Å². The average Bonchev–Trinajstić information content (AvgIpc) is 2.45. The Bertz CT molecular complexity index is 347. The number of carbonyl (C=O) groups excluding carboxylic acids is 1. The summed E-state index contributed by atoms with van der Waals surface area (Å²) in [5.41, 5.74) is 5.91. The zero-order valence-corrected chi connectivity index (χ0v) is 8.97. The molecule has 0 aromatic carbocycles. The summed E-state index contributed by atoms with van der Waals surface area (Å²) in [4.78, 5) is 11.3. The molecule has 0 fully saturated rings. The molecule has 4 nitrogen and oxygen atoms in total. The first-order chi connectivity index (χ1) is 6.36. The van der Waals surface area contributed by atoms with Crippen molar-refractivity contribution in [2.75, 3.05) is 12.8 Å². The SMILES string of the molecule is CNC(=O)c1oc(C(C)(C)C)cc1N. The smallest absolute Gasteiger partial charge is 0.288 e. The van der Waals surface area contributed by atoms with E-state index in [9.17, 15) is 4.79 Å². The van der Waals surface area contributed by atoms with Crippen molar-refractivity contribution in [3.8, 4) is 0 Å². The summed E-state index contributed by atoms with van der Waals surface area (Å²) < 4.78 is 5.39. The van der Waals surface area contributed by atoms with Crippen molar-refractivity contribution in [3.63, 3.8) is 0 Å². The van der Waals surface area contributed by atoms with Crippen LogP contribution in [0.5, 0.6) is 0 Å². The topological polar surface area (TPSA) is 68.3 Å². The zero-order valence-electron chi connectivity index (χ0n) is 8.97. The molecule has 0 atom stereocenters. The van der Waals surface area contributed by atoms with E-state index in [0.717, 1.165) is 0 Å². The van der Waals surface area contributed by atoms with Gasteiger partial charge in [0.25, 0.3) is 5.91 Å². The highest BCUT2D eigenvalue weighted by Gasteiger charge is 2.23. The lowest BCUT2D eigenvalue weighted by molar-refractivity contribution is 0.0933. The van der Waals surface area contributed by atoms with E-state index in [2.05, 4.69) is 5.32 Å². The average molecular weight is 196 g/mol. The summed E-state index contributed by atoms with van der Waals surface area (Å²) >= 11 is 0. The van der Waals surface area contributed by atoms with Crippen LogP contribution in [0.3, 0.4) is 0 Å². The van der Waals surface area contributed by atoms with Gasteiger partial charge >= 0.3 is 0 Å². The van der Waals surface area contributed by atoms with Crippen molar-refractivity contribution in [2.24, 2.45) is 0 Å². The molecule has 0 aliphatic heterocycles. The minimum absolute atomic E-state index is 0.139. The summed E-state index contributed by atoms with van der Waals surface area (Å²) in [6.45, 7) is 6.00. The largest absolute Gasteiger partial charge is 0.453 e. The molecule has 1 aromatic rings. The quantitative estimate of drug-likeness (QED) is 0.715. The molecule has 0 saturated carbocycles. The number of nitrogens with two attached hydrogens (primary N) is 1. The van der Waals surface area contributed by atoms with Crippen LogP contribution < -0.4 is 11.1 Å². The number of hydrogen-bond acceptors (Lipinski definition) is 3. The highest BCUT2D eigenvalue weighted by molar-refractivity contribution is 5.96. The van der Waals surface area contributed by atoms with E-state index in [1.54, 1.807) is 13.1 Å². The lowest BCUT2D eigenvalue weighted by Gasteiger charge is -2.13. The van der Waals surface area contributed by atoms with Crippen molar-refractivity contribution in [1.29, 1.82) is 0 Å². The van der Waals surface area contributed by atoms with Crippen LogP contribution in [0.25, 0.3) is 0 Å². The molecule has 1 amide bonds. The van der Waals surface area contributed by atoms with Gasteiger partial charge in [0, 0.05) is 18.5 Å². The molecule has 14 heavy (non-hydrogen) atoms. The summed E-state index contributed by atoms with van der Waals surface area (Å²) in [5, 5.41) is 2.47. The van der Waals surface area contributed by atoms with Gasteiger partial charge in [-0.2, -0.15) is 0 Å². The van der Waals surface area contributed by atoms with Gasteiger partial charge in [0.2, 0.25) is 5.76 Å². The van der Waals surface area contributed by atoms with Crippen molar-refractivity contribution in [2.45, 2.75) is 26.2 Å². The second-order valence-corrected chi connectivity index (χ2v) is 4.22. The van der Waals surface area contributed by atoms with E-state index < -0.39 is 0 Å². The first kappa shape index (κ1) is 10.6. The van der Waals surface area contributed by atoms with Crippen molar-refractivity contribution in [1.82, 2.24) is 5.32 Å². The molecule has 1 heterocycles. The molecule has 0 unspecified atom stereocenters. The second kappa shape index (κ2) is 3.36. The van der Waals surface area contributed by atoms with E-state index in [0.29, 0.717) is 11.4 Å². The number of nitrogens with one attached hydrogen (secondary N) is 1. The van der Waals surface area contributed by atoms with Crippen LogP contribution >= 0.6 is 0 Å². The molecule has 0 bridgehead atoms. The molecular weight excluding hydrogens is 180 g/mol. The maximum absolute atomic E-state index is 11.3. The third-order valence-electron chi connectivity index (χ3n) is 1.93. The Balaban J connectivity index is 3.12. The zero-order chi connectivity index (χ0) is 10.9. The van der Waals surface area contributed by atoms with Gasteiger partial charge in [-0.25, -0.2) is 0 Å². The fraction of sp³-hybridized carbons (Fsp3) is 0.500. The standard InChI is InChI=1S/C10H16N2O2/c1-10(2,3)7-5-6(11)8(14-7)9(13)12-4/h5H,11H2,1-4H3,(H,12,13). The lowest BCUT2D eigenvalue weighted by Crippen LogP contribution is -2.18. The maximum atomic E-state index is 11.3. The summed E-state index contributed by atoms with van der Waals surface area (Å²) in [7, 11) is 1.54. The Kier molecular flexibility index (Phi) is 2.55. The summed E-state index contributed by atoms with van der Waals surface area (Å²) in [5.74, 6) is 0.615. The van der Waals surface area contributed by atoms with Gasteiger partial charge in [-0.1, -0.05) is 20.8 Å². The predicted molar refractivity (Wildman–Crippen MR) is 55.2 cm³/mol. The summed E-state index contributed by atoms with van der Waals surface area (Å²) in [6, 6.07) is 1.70. The third-order valence-corrected chi connectivity index (χ3v) is 1.93. The fourth-order valence-electron chi connectivity index (χ4n) is 1.07. The number of furan rings is 1. The van der Waals surface area contributed by atoms with E-state index in [1.165, 1.54) is 0 Å². The number of nitrogen functional groups attached to an aromatic ring is 1. The monoisotopic (exact) mass is 196 g/mol. The second-order valence-electron chi connectivity index (χ2n) is 4.22. The molecule has 4 heteroatoms. The molecule has 3 N–H and O–H groups in total. The van der Waals surface area contributed by atoms with Crippen molar-refractivity contribution < 1.29 is 9.21 Å². The van der Waals surface area contributed by atoms with Crippen LogP contribution in [0, 0.1) is 0 Å². The molecular formula is C10H16N2O2. The highest BCUT2D eigenvalue weighted by Crippen LogP contribution is 2.28. The Morgan fingerprint density at radius 3 is 2.43 bits per heavy atom. The third kappa shape index (κ3) is 1.89. The number of hydrogen-bond donors (Lipinski definition) is 2. The van der Waals surface area contributed by atoms with E-state index >= 15 is 0 Å². The Morgan fingerprint density at radius 1 is 1.50 bits per heavy atom. The first-order valence-corrected chi connectivity index (χ1v) is 4.48. The van der Waals surface area contributed by atoms with Crippen LogP contribution in [0.1, 0.15) is 37.1 Å². The van der Waals surface area contributed by atoms with Gasteiger partial charge in [-0.15, -0.1) is 0 Å². The molecule has 0 aliphatic rings. The number of amides is 1. The molecule has 0 spiro atoms. The van der Waals surface area contributed by atoms with Gasteiger partial charge < -0.3 is 15.5 Å². The van der Waals surface area contributed by atoms with Crippen LogP contribution in [0.4, 0.5) is 5.69 Å². The van der Waals surface area contributed by atoms with Crippen LogP contribution in [-0.2, 0) is 5.41 Å². The van der Waals surface area contributed by atoms with Gasteiger partial charge in [0.05, 0.1) is 5.69 Å². The molecule has 0 radical (unpaired) electrons. The molecule has 1 rings (SSSR count). The molecule has 0 saturated heterocycles. The minimum atomic E-state index is -0.294. The minimum Gasteiger partial charge on any atom is -0.453 e. The molecule has 0 aliphatic carbocycles.